The molecule has 0 radical (unpaired) electrons. The van der Waals surface area contributed by atoms with E-state index in [0.29, 0.717) is 30.2 Å². The molecule has 1 aromatic rings. The average Bonchev–Trinajstić information content (AvgIpc) is 2.66. The number of methoxy groups -OCH3 is 1. The van der Waals surface area contributed by atoms with Crippen molar-refractivity contribution in [2.24, 2.45) is 11.8 Å². The van der Waals surface area contributed by atoms with Gasteiger partial charge in [0.05, 0.1) is 11.7 Å². The van der Waals surface area contributed by atoms with Gasteiger partial charge in [-0.25, -0.2) is 0 Å². The molecule has 3 rings (SSSR count). The van der Waals surface area contributed by atoms with Crippen molar-refractivity contribution < 1.29 is 19.1 Å². The predicted octanol–water partition coefficient (Wildman–Crippen LogP) is 2.52. The largest absolute Gasteiger partial charge is 0.491 e. The monoisotopic (exact) mass is 403 g/mol. The summed E-state index contributed by atoms with van der Waals surface area (Å²) < 4.78 is 11.6. The van der Waals surface area contributed by atoms with Gasteiger partial charge in [0, 0.05) is 44.9 Å². The van der Waals surface area contributed by atoms with Crippen molar-refractivity contribution in [1.29, 1.82) is 0 Å². The molecule has 29 heavy (non-hydrogen) atoms. The first-order chi connectivity index (χ1) is 13.9. The van der Waals surface area contributed by atoms with Crippen LogP contribution < -0.4 is 15.4 Å². The molecule has 1 heterocycles. The van der Waals surface area contributed by atoms with Crippen molar-refractivity contribution in [2.75, 3.05) is 39.2 Å². The van der Waals surface area contributed by atoms with Crippen molar-refractivity contribution in [3.63, 3.8) is 0 Å². The van der Waals surface area contributed by atoms with Crippen molar-refractivity contribution >= 4 is 17.5 Å². The van der Waals surface area contributed by atoms with Crippen LogP contribution in [0.25, 0.3) is 0 Å². The van der Waals surface area contributed by atoms with Crippen LogP contribution in [0, 0.1) is 11.8 Å². The minimum absolute atomic E-state index is 0.0252. The van der Waals surface area contributed by atoms with Gasteiger partial charge in [0.15, 0.2) is 0 Å². The molecule has 1 aliphatic heterocycles. The van der Waals surface area contributed by atoms with Crippen LogP contribution in [0.3, 0.4) is 0 Å². The number of carbonyl (C=O) groups is 2. The van der Waals surface area contributed by atoms with E-state index in [0.717, 1.165) is 25.8 Å². The van der Waals surface area contributed by atoms with E-state index in [9.17, 15) is 9.59 Å². The Labute approximate surface area is 173 Å². The van der Waals surface area contributed by atoms with Crippen molar-refractivity contribution in [2.45, 2.75) is 45.3 Å². The lowest BCUT2D eigenvalue weighted by molar-refractivity contribution is -0.122. The summed E-state index contributed by atoms with van der Waals surface area (Å²) >= 11 is 0. The third-order valence-corrected chi connectivity index (χ3v) is 5.97. The minimum atomic E-state index is -0.143. The van der Waals surface area contributed by atoms with E-state index >= 15 is 0 Å². The normalized spacial score (nSPS) is 26.4. The molecule has 0 aromatic heterocycles. The Morgan fingerprint density at radius 1 is 1.31 bits per heavy atom. The molecule has 3 atom stereocenters. The second-order valence-corrected chi connectivity index (χ2v) is 8.39. The van der Waals surface area contributed by atoms with Gasteiger partial charge in [0.2, 0.25) is 5.91 Å². The number of hydrogen-bond acceptors (Lipinski definition) is 5. The SMILES string of the molecule is CO[C@@H]1CN(C)C(=O)c2cc(NC(=O)C3CCC3)ccc2OC[C@@H](C)NC[C@H]1C. The van der Waals surface area contributed by atoms with E-state index in [-0.39, 0.29) is 35.8 Å². The third kappa shape index (κ3) is 5.28. The molecule has 2 N–H and O–H groups in total. The van der Waals surface area contributed by atoms with Crippen LogP contribution in [-0.4, -0.2) is 62.7 Å². The number of nitrogens with zero attached hydrogens (tertiary/aromatic N) is 1. The van der Waals surface area contributed by atoms with Crippen LogP contribution in [0.1, 0.15) is 43.5 Å². The number of benzene rings is 1. The number of hydrogen-bond donors (Lipinski definition) is 2. The number of rotatable bonds is 3. The zero-order valence-corrected chi connectivity index (χ0v) is 17.9. The molecule has 160 valence electrons. The van der Waals surface area contributed by atoms with Gasteiger partial charge < -0.3 is 25.0 Å². The van der Waals surface area contributed by atoms with Gasteiger partial charge >= 0.3 is 0 Å². The van der Waals surface area contributed by atoms with Crippen LogP contribution in [0.15, 0.2) is 18.2 Å². The topological polar surface area (TPSA) is 79.9 Å². The molecule has 2 aliphatic rings. The maximum atomic E-state index is 13.2. The quantitative estimate of drug-likeness (QED) is 0.811. The molecule has 2 amide bonds. The Bertz CT molecular complexity index is 735. The Morgan fingerprint density at radius 3 is 2.72 bits per heavy atom. The first-order valence-electron chi connectivity index (χ1n) is 10.5. The Morgan fingerprint density at radius 2 is 2.07 bits per heavy atom. The maximum absolute atomic E-state index is 13.2. The maximum Gasteiger partial charge on any atom is 0.257 e. The molecular formula is C22H33N3O4. The first-order valence-corrected chi connectivity index (χ1v) is 10.5. The van der Waals surface area contributed by atoms with Gasteiger partial charge in [-0.3, -0.25) is 9.59 Å². The zero-order chi connectivity index (χ0) is 21.0. The lowest BCUT2D eigenvalue weighted by atomic mass is 9.85. The number of ether oxygens (including phenoxy) is 2. The van der Waals surface area contributed by atoms with Crippen LogP contribution in [0.5, 0.6) is 5.75 Å². The molecular weight excluding hydrogens is 370 g/mol. The highest BCUT2D eigenvalue weighted by Gasteiger charge is 2.27. The van der Waals surface area contributed by atoms with Crippen molar-refractivity contribution in [1.82, 2.24) is 10.2 Å². The molecule has 0 bridgehead atoms. The van der Waals surface area contributed by atoms with Crippen LogP contribution in [-0.2, 0) is 9.53 Å². The van der Waals surface area contributed by atoms with Gasteiger partial charge in [-0.15, -0.1) is 0 Å². The number of fused-ring (bicyclic) bond motifs is 1. The average molecular weight is 404 g/mol. The zero-order valence-electron chi connectivity index (χ0n) is 17.9. The molecule has 1 aromatic carbocycles. The summed E-state index contributed by atoms with van der Waals surface area (Å²) in [5.41, 5.74) is 1.08. The molecule has 0 saturated heterocycles. The van der Waals surface area contributed by atoms with Gasteiger partial charge in [-0.05, 0) is 43.9 Å². The lowest BCUT2D eigenvalue weighted by Crippen LogP contribution is -2.44. The number of likely N-dealkylation sites (N-methyl/N-ethyl adjacent to an activating group) is 1. The summed E-state index contributed by atoms with van der Waals surface area (Å²) in [5.74, 6) is 0.734. The van der Waals surface area contributed by atoms with Crippen LogP contribution in [0.4, 0.5) is 5.69 Å². The fraction of sp³-hybridized carbons (Fsp3) is 0.636. The molecule has 0 unspecified atom stereocenters. The smallest absolute Gasteiger partial charge is 0.257 e. The number of anilines is 1. The van der Waals surface area contributed by atoms with Gasteiger partial charge in [-0.1, -0.05) is 13.3 Å². The lowest BCUT2D eigenvalue weighted by Gasteiger charge is -2.30. The van der Waals surface area contributed by atoms with E-state index in [4.69, 9.17) is 9.47 Å². The number of carbonyl (C=O) groups excluding carboxylic acids is 2. The Kier molecular flexibility index (Phi) is 7.14. The van der Waals surface area contributed by atoms with Gasteiger partial charge in [0.25, 0.3) is 5.91 Å². The van der Waals surface area contributed by atoms with Crippen LogP contribution in [0.2, 0.25) is 0 Å². The van der Waals surface area contributed by atoms with Crippen molar-refractivity contribution in [3.05, 3.63) is 23.8 Å². The second kappa shape index (κ2) is 9.59. The highest BCUT2D eigenvalue weighted by atomic mass is 16.5. The van der Waals surface area contributed by atoms with Crippen LogP contribution >= 0.6 is 0 Å². The molecule has 0 spiro atoms. The summed E-state index contributed by atoms with van der Waals surface area (Å²) in [5, 5.41) is 6.42. The molecule has 1 fully saturated rings. The summed E-state index contributed by atoms with van der Waals surface area (Å²) in [6, 6.07) is 5.42. The number of nitrogens with one attached hydrogen (secondary N) is 2. The Balaban J connectivity index is 1.85. The van der Waals surface area contributed by atoms with E-state index in [2.05, 4.69) is 24.5 Å². The van der Waals surface area contributed by atoms with E-state index in [1.807, 2.05) is 0 Å². The Hall–Kier alpha value is -2.12. The molecule has 1 aliphatic carbocycles. The highest BCUT2D eigenvalue weighted by molar-refractivity contribution is 5.99. The first kappa shape index (κ1) is 21.6. The molecule has 7 heteroatoms. The summed E-state index contributed by atoms with van der Waals surface area (Å²) in [7, 11) is 3.45. The van der Waals surface area contributed by atoms with E-state index in [1.54, 1.807) is 37.3 Å². The summed E-state index contributed by atoms with van der Waals surface area (Å²) in [6.07, 6.45) is 2.89. The summed E-state index contributed by atoms with van der Waals surface area (Å²) in [4.78, 5) is 27.2. The number of amides is 2. The van der Waals surface area contributed by atoms with Gasteiger partial charge in [-0.2, -0.15) is 0 Å². The minimum Gasteiger partial charge on any atom is -0.491 e. The van der Waals surface area contributed by atoms with E-state index < -0.39 is 0 Å². The second-order valence-electron chi connectivity index (χ2n) is 8.39. The predicted molar refractivity (Wildman–Crippen MR) is 112 cm³/mol. The van der Waals surface area contributed by atoms with Crippen molar-refractivity contribution in [3.8, 4) is 5.75 Å². The standard InChI is InChI=1S/C22H33N3O4/c1-14-11-23-15(2)13-29-19-9-8-17(24-21(26)16-6-5-7-16)10-18(19)22(27)25(3)12-20(14)28-4/h8-10,14-16,20,23H,5-7,11-13H2,1-4H3,(H,24,26)/t14-,15-,20-/m1/s1. The fourth-order valence-corrected chi connectivity index (χ4v) is 3.65. The molecule has 7 nitrogen and oxygen atoms in total. The summed E-state index contributed by atoms with van der Waals surface area (Å²) in [6.45, 7) is 5.87. The molecule has 1 saturated carbocycles. The fourth-order valence-electron chi connectivity index (χ4n) is 3.65. The third-order valence-electron chi connectivity index (χ3n) is 5.97. The van der Waals surface area contributed by atoms with E-state index in [1.165, 1.54) is 0 Å². The highest BCUT2D eigenvalue weighted by Crippen LogP contribution is 2.29. The van der Waals surface area contributed by atoms with Gasteiger partial charge in [0.1, 0.15) is 12.4 Å².